The van der Waals surface area contributed by atoms with E-state index in [1.54, 1.807) is 0 Å². The minimum absolute atomic E-state index is 0.782. The first kappa shape index (κ1) is 10.0. The number of rotatable bonds is 5. The predicted octanol–water partition coefficient (Wildman–Crippen LogP) is 1.37. The quantitative estimate of drug-likeness (QED) is 0.609. The summed E-state index contributed by atoms with van der Waals surface area (Å²) >= 11 is 0. The summed E-state index contributed by atoms with van der Waals surface area (Å²) in [6, 6.07) is 0.782. The number of nitrogens with one attached hydrogen (secondary N) is 2. The maximum atomic E-state index is 3.54. The van der Waals surface area contributed by atoms with E-state index in [4.69, 9.17) is 0 Å². The fourth-order valence-electron chi connectivity index (χ4n) is 1.82. The topological polar surface area (TPSA) is 24.1 Å². The molecule has 0 aliphatic carbocycles. The molecule has 1 heterocycles. The maximum absolute atomic E-state index is 3.54. The molecule has 1 fully saturated rings. The highest BCUT2D eigenvalue weighted by Crippen LogP contribution is 2.14. The molecular formula is C10H22N2. The van der Waals surface area contributed by atoms with E-state index in [9.17, 15) is 0 Å². The third kappa shape index (κ3) is 3.55. The van der Waals surface area contributed by atoms with Gasteiger partial charge in [0.25, 0.3) is 0 Å². The van der Waals surface area contributed by atoms with Gasteiger partial charge in [-0.05, 0) is 44.8 Å². The van der Waals surface area contributed by atoms with Crippen LogP contribution in [0.2, 0.25) is 0 Å². The molecule has 0 radical (unpaired) electrons. The molecule has 0 aromatic heterocycles. The largest absolute Gasteiger partial charge is 0.317 e. The Morgan fingerprint density at radius 3 is 2.83 bits per heavy atom. The van der Waals surface area contributed by atoms with Crippen molar-refractivity contribution >= 4 is 0 Å². The Labute approximate surface area is 76.1 Å². The van der Waals surface area contributed by atoms with E-state index >= 15 is 0 Å². The minimum Gasteiger partial charge on any atom is -0.317 e. The van der Waals surface area contributed by atoms with Crippen LogP contribution in [0.1, 0.15) is 33.1 Å². The van der Waals surface area contributed by atoms with E-state index in [0.717, 1.165) is 12.0 Å². The zero-order chi connectivity index (χ0) is 8.81. The van der Waals surface area contributed by atoms with Crippen molar-refractivity contribution < 1.29 is 0 Å². The predicted molar refractivity (Wildman–Crippen MR) is 53.3 cm³/mol. The summed E-state index contributed by atoms with van der Waals surface area (Å²) in [4.78, 5) is 0. The van der Waals surface area contributed by atoms with Crippen LogP contribution in [0.25, 0.3) is 0 Å². The molecule has 1 rings (SSSR count). The second-order valence-electron chi connectivity index (χ2n) is 3.98. The SMILES string of the molecule is CCCNCCC1CC(C)CN1. The molecule has 0 aromatic carbocycles. The Hall–Kier alpha value is -0.0800. The average Bonchev–Trinajstić information content (AvgIpc) is 2.45. The first-order valence-corrected chi connectivity index (χ1v) is 5.27. The first-order valence-electron chi connectivity index (χ1n) is 5.27. The summed E-state index contributed by atoms with van der Waals surface area (Å²) in [5, 5.41) is 6.98. The summed E-state index contributed by atoms with van der Waals surface area (Å²) in [6.45, 7) is 8.11. The van der Waals surface area contributed by atoms with E-state index in [-0.39, 0.29) is 0 Å². The van der Waals surface area contributed by atoms with Crippen molar-refractivity contribution in [1.82, 2.24) is 10.6 Å². The molecule has 2 unspecified atom stereocenters. The summed E-state index contributed by atoms with van der Waals surface area (Å²) in [6.07, 6.45) is 3.91. The molecule has 2 N–H and O–H groups in total. The van der Waals surface area contributed by atoms with Crippen molar-refractivity contribution in [3.8, 4) is 0 Å². The van der Waals surface area contributed by atoms with Crippen LogP contribution in [0.15, 0.2) is 0 Å². The Morgan fingerprint density at radius 1 is 1.42 bits per heavy atom. The molecule has 0 aromatic rings. The van der Waals surface area contributed by atoms with Gasteiger partial charge < -0.3 is 10.6 Å². The fraction of sp³-hybridized carbons (Fsp3) is 1.00. The molecule has 12 heavy (non-hydrogen) atoms. The van der Waals surface area contributed by atoms with E-state index in [2.05, 4.69) is 24.5 Å². The van der Waals surface area contributed by atoms with Crippen LogP contribution in [-0.4, -0.2) is 25.7 Å². The van der Waals surface area contributed by atoms with Crippen molar-refractivity contribution in [2.45, 2.75) is 39.2 Å². The molecule has 0 saturated carbocycles. The van der Waals surface area contributed by atoms with Crippen molar-refractivity contribution in [2.24, 2.45) is 5.92 Å². The van der Waals surface area contributed by atoms with Gasteiger partial charge in [0.1, 0.15) is 0 Å². The zero-order valence-corrected chi connectivity index (χ0v) is 8.40. The second-order valence-corrected chi connectivity index (χ2v) is 3.98. The second kappa shape index (κ2) is 5.55. The Morgan fingerprint density at radius 2 is 2.25 bits per heavy atom. The Kier molecular flexibility index (Phi) is 4.62. The van der Waals surface area contributed by atoms with Crippen LogP contribution < -0.4 is 10.6 Å². The van der Waals surface area contributed by atoms with Gasteiger partial charge in [-0.3, -0.25) is 0 Å². The van der Waals surface area contributed by atoms with E-state index in [1.165, 1.54) is 38.9 Å². The lowest BCUT2D eigenvalue weighted by Crippen LogP contribution is -2.27. The molecule has 1 aliphatic rings. The van der Waals surface area contributed by atoms with Crippen LogP contribution in [0.5, 0.6) is 0 Å². The molecule has 0 amide bonds. The molecule has 1 saturated heterocycles. The zero-order valence-electron chi connectivity index (χ0n) is 8.40. The summed E-state index contributed by atoms with van der Waals surface area (Å²) in [7, 11) is 0. The summed E-state index contributed by atoms with van der Waals surface area (Å²) in [5.41, 5.74) is 0. The molecular weight excluding hydrogens is 148 g/mol. The normalized spacial score (nSPS) is 29.5. The monoisotopic (exact) mass is 170 g/mol. The average molecular weight is 170 g/mol. The van der Waals surface area contributed by atoms with Crippen molar-refractivity contribution in [1.29, 1.82) is 0 Å². The van der Waals surface area contributed by atoms with E-state index < -0.39 is 0 Å². The first-order chi connectivity index (χ1) is 5.83. The Balaban J connectivity index is 1.93. The highest BCUT2D eigenvalue weighted by molar-refractivity contribution is 4.79. The lowest BCUT2D eigenvalue weighted by molar-refractivity contribution is 0.513. The van der Waals surface area contributed by atoms with Gasteiger partial charge in [-0.1, -0.05) is 13.8 Å². The minimum atomic E-state index is 0.782. The van der Waals surface area contributed by atoms with Crippen LogP contribution >= 0.6 is 0 Å². The molecule has 1 aliphatic heterocycles. The molecule has 72 valence electrons. The number of hydrogen-bond donors (Lipinski definition) is 2. The number of hydrogen-bond acceptors (Lipinski definition) is 2. The van der Waals surface area contributed by atoms with Crippen LogP contribution in [0.4, 0.5) is 0 Å². The van der Waals surface area contributed by atoms with Gasteiger partial charge in [0.15, 0.2) is 0 Å². The van der Waals surface area contributed by atoms with Gasteiger partial charge in [-0.2, -0.15) is 0 Å². The van der Waals surface area contributed by atoms with Crippen LogP contribution in [0, 0.1) is 5.92 Å². The van der Waals surface area contributed by atoms with E-state index in [0.29, 0.717) is 0 Å². The highest BCUT2D eigenvalue weighted by Gasteiger charge is 2.19. The van der Waals surface area contributed by atoms with Gasteiger partial charge >= 0.3 is 0 Å². The van der Waals surface area contributed by atoms with Gasteiger partial charge in [0.05, 0.1) is 0 Å². The molecule has 2 atom stereocenters. The van der Waals surface area contributed by atoms with Crippen molar-refractivity contribution in [3.05, 3.63) is 0 Å². The third-order valence-electron chi connectivity index (χ3n) is 2.54. The molecule has 2 heteroatoms. The van der Waals surface area contributed by atoms with Gasteiger partial charge in [-0.15, -0.1) is 0 Å². The Bertz CT molecular complexity index is 114. The maximum Gasteiger partial charge on any atom is 0.00822 e. The lowest BCUT2D eigenvalue weighted by atomic mass is 10.1. The fourth-order valence-corrected chi connectivity index (χ4v) is 1.82. The molecule has 2 nitrogen and oxygen atoms in total. The van der Waals surface area contributed by atoms with Crippen molar-refractivity contribution in [3.63, 3.8) is 0 Å². The molecule has 0 bridgehead atoms. The van der Waals surface area contributed by atoms with Gasteiger partial charge in [0, 0.05) is 6.04 Å². The van der Waals surface area contributed by atoms with Crippen LogP contribution in [-0.2, 0) is 0 Å². The standard InChI is InChI=1S/C10H22N2/c1-3-5-11-6-4-10-7-9(2)8-12-10/h9-12H,3-8H2,1-2H3. The highest BCUT2D eigenvalue weighted by atomic mass is 15.0. The van der Waals surface area contributed by atoms with Gasteiger partial charge in [0.2, 0.25) is 0 Å². The lowest BCUT2D eigenvalue weighted by Gasteiger charge is -2.09. The third-order valence-corrected chi connectivity index (χ3v) is 2.54. The van der Waals surface area contributed by atoms with E-state index in [1.807, 2.05) is 0 Å². The smallest absolute Gasteiger partial charge is 0.00822 e. The van der Waals surface area contributed by atoms with Gasteiger partial charge in [-0.25, -0.2) is 0 Å². The van der Waals surface area contributed by atoms with Crippen LogP contribution in [0.3, 0.4) is 0 Å². The molecule has 0 spiro atoms. The summed E-state index contributed by atoms with van der Waals surface area (Å²) < 4.78 is 0. The summed E-state index contributed by atoms with van der Waals surface area (Å²) in [5.74, 6) is 0.890. The van der Waals surface area contributed by atoms with Crippen molar-refractivity contribution in [2.75, 3.05) is 19.6 Å².